The zero-order valence-corrected chi connectivity index (χ0v) is 10.3. The second kappa shape index (κ2) is 4.38. The molecule has 1 aliphatic heterocycles. The Labute approximate surface area is 105 Å². The number of aryl methyl sites for hydroxylation is 1. The number of nitrogens with zero attached hydrogens (tertiary/aromatic N) is 2. The number of hydrogen-bond acceptors (Lipinski definition) is 3. The quantitative estimate of drug-likeness (QED) is 0.820. The van der Waals surface area contributed by atoms with Crippen LogP contribution < -0.4 is 10.9 Å². The van der Waals surface area contributed by atoms with Crippen molar-refractivity contribution in [1.29, 1.82) is 0 Å². The second-order valence-electron chi connectivity index (χ2n) is 4.57. The van der Waals surface area contributed by atoms with Gasteiger partial charge in [0.25, 0.3) is 5.56 Å². The van der Waals surface area contributed by atoms with E-state index in [4.69, 9.17) is 0 Å². The fourth-order valence-corrected chi connectivity index (χ4v) is 2.30. The minimum Gasteiger partial charge on any atom is -0.313 e. The molecule has 3 rings (SSSR count). The number of fused-ring (bicyclic) bond motifs is 1. The molecule has 2 aromatic heterocycles. The SMILES string of the molecule is Cc1cc(=O)n2cc(C3=CCNCC3)ccc2n1. The molecule has 0 saturated heterocycles. The Morgan fingerprint density at radius 3 is 3.06 bits per heavy atom. The van der Waals surface area contributed by atoms with Gasteiger partial charge in [-0.2, -0.15) is 0 Å². The Morgan fingerprint density at radius 1 is 1.39 bits per heavy atom. The molecule has 92 valence electrons. The molecule has 0 spiro atoms. The van der Waals surface area contributed by atoms with E-state index >= 15 is 0 Å². The third kappa shape index (κ3) is 1.95. The van der Waals surface area contributed by atoms with E-state index in [2.05, 4.69) is 16.4 Å². The summed E-state index contributed by atoms with van der Waals surface area (Å²) in [4.78, 5) is 16.3. The molecule has 4 heteroatoms. The van der Waals surface area contributed by atoms with Gasteiger partial charge >= 0.3 is 0 Å². The first kappa shape index (κ1) is 11.2. The van der Waals surface area contributed by atoms with Gasteiger partial charge in [-0.05, 0) is 43.2 Å². The number of nitrogens with one attached hydrogen (secondary N) is 1. The van der Waals surface area contributed by atoms with E-state index in [1.807, 2.05) is 25.3 Å². The second-order valence-corrected chi connectivity index (χ2v) is 4.57. The van der Waals surface area contributed by atoms with E-state index in [1.54, 1.807) is 10.5 Å². The molecule has 0 bridgehead atoms. The zero-order valence-electron chi connectivity index (χ0n) is 10.3. The van der Waals surface area contributed by atoms with Crippen LogP contribution >= 0.6 is 0 Å². The fourth-order valence-electron chi connectivity index (χ4n) is 2.30. The summed E-state index contributed by atoms with van der Waals surface area (Å²) < 4.78 is 1.62. The van der Waals surface area contributed by atoms with Crippen LogP contribution in [0.15, 0.2) is 35.3 Å². The van der Waals surface area contributed by atoms with Crippen molar-refractivity contribution in [3.05, 3.63) is 52.1 Å². The summed E-state index contributed by atoms with van der Waals surface area (Å²) in [6.45, 7) is 3.73. The Bertz CT molecular complexity index is 685. The Morgan fingerprint density at radius 2 is 2.28 bits per heavy atom. The summed E-state index contributed by atoms with van der Waals surface area (Å²) in [5.74, 6) is 0. The summed E-state index contributed by atoms with van der Waals surface area (Å²) in [6.07, 6.45) is 5.07. The Kier molecular flexibility index (Phi) is 2.72. The zero-order chi connectivity index (χ0) is 12.5. The van der Waals surface area contributed by atoms with Crippen molar-refractivity contribution >= 4 is 11.2 Å². The van der Waals surface area contributed by atoms with Gasteiger partial charge in [0.1, 0.15) is 5.65 Å². The summed E-state index contributed by atoms with van der Waals surface area (Å²) >= 11 is 0. The van der Waals surface area contributed by atoms with Gasteiger partial charge in [-0.3, -0.25) is 9.20 Å². The normalized spacial score (nSPS) is 15.7. The van der Waals surface area contributed by atoms with Crippen LogP contribution in [0.1, 0.15) is 17.7 Å². The predicted molar refractivity (Wildman–Crippen MR) is 71.7 cm³/mol. The monoisotopic (exact) mass is 241 g/mol. The van der Waals surface area contributed by atoms with E-state index in [0.717, 1.165) is 30.8 Å². The van der Waals surface area contributed by atoms with Crippen LogP contribution in [0.4, 0.5) is 0 Å². The molecule has 2 aromatic rings. The summed E-state index contributed by atoms with van der Waals surface area (Å²) in [5.41, 5.74) is 3.85. The van der Waals surface area contributed by atoms with Crippen LogP contribution in [0.5, 0.6) is 0 Å². The van der Waals surface area contributed by atoms with E-state index in [-0.39, 0.29) is 5.56 Å². The van der Waals surface area contributed by atoms with Crippen molar-refractivity contribution in [3.8, 4) is 0 Å². The topological polar surface area (TPSA) is 46.4 Å². The van der Waals surface area contributed by atoms with E-state index < -0.39 is 0 Å². The lowest BCUT2D eigenvalue weighted by Crippen LogP contribution is -2.20. The third-order valence-corrected chi connectivity index (χ3v) is 3.22. The molecule has 0 aliphatic carbocycles. The maximum Gasteiger partial charge on any atom is 0.258 e. The molecule has 1 aliphatic rings. The molecule has 1 N–H and O–H groups in total. The maximum absolute atomic E-state index is 11.9. The van der Waals surface area contributed by atoms with E-state index in [1.165, 1.54) is 5.57 Å². The molecular formula is C14H15N3O. The number of hydrogen-bond donors (Lipinski definition) is 1. The van der Waals surface area contributed by atoms with Crippen molar-refractivity contribution in [3.63, 3.8) is 0 Å². The van der Waals surface area contributed by atoms with E-state index in [9.17, 15) is 4.79 Å². The highest BCUT2D eigenvalue weighted by Gasteiger charge is 2.07. The van der Waals surface area contributed by atoms with Crippen molar-refractivity contribution in [1.82, 2.24) is 14.7 Å². The standard InChI is InChI=1S/C14H15N3O/c1-10-8-14(18)17-9-12(2-3-13(17)16-10)11-4-6-15-7-5-11/h2-4,8-9,15H,5-7H2,1H3. The molecule has 0 atom stereocenters. The van der Waals surface area contributed by atoms with Crippen molar-refractivity contribution < 1.29 is 0 Å². The third-order valence-electron chi connectivity index (χ3n) is 3.22. The lowest BCUT2D eigenvalue weighted by atomic mass is 10.0. The van der Waals surface area contributed by atoms with Gasteiger partial charge < -0.3 is 5.32 Å². The first-order chi connectivity index (χ1) is 8.74. The molecule has 0 unspecified atom stereocenters. The van der Waals surface area contributed by atoms with Crippen LogP contribution in [-0.2, 0) is 0 Å². The van der Waals surface area contributed by atoms with Crippen LogP contribution in [0.25, 0.3) is 11.2 Å². The smallest absolute Gasteiger partial charge is 0.258 e. The highest BCUT2D eigenvalue weighted by molar-refractivity contribution is 5.67. The lowest BCUT2D eigenvalue weighted by Gasteiger charge is -2.14. The van der Waals surface area contributed by atoms with Gasteiger partial charge in [0.05, 0.1) is 0 Å². The predicted octanol–water partition coefficient (Wildman–Crippen LogP) is 1.38. The molecule has 3 heterocycles. The van der Waals surface area contributed by atoms with Crippen LogP contribution in [0, 0.1) is 6.92 Å². The average molecular weight is 241 g/mol. The number of rotatable bonds is 1. The van der Waals surface area contributed by atoms with Gasteiger partial charge in [0, 0.05) is 24.5 Å². The first-order valence-corrected chi connectivity index (χ1v) is 6.14. The summed E-state index contributed by atoms with van der Waals surface area (Å²) in [6, 6.07) is 5.51. The fraction of sp³-hybridized carbons (Fsp3) is 0.286. The van der Waals surface area contributed by atoms with Crippen LogP contribution in [-0.4, -0.2) is 22.5 Å². The minimum absolute atomic E-state index is 0.0196. The highest BCUT2D eigenvalue weighted by atomic mass is 16.1. The minimum atomic E-state index is -0.0196. The Hall–Kier alpha value is -1.94. The Balaban J connectivity index is 2.16. The molecule has 0 aromatic carbocycles. The van der Waals surface area contributed by atoms with Gasteiger partial charge in [0.15, 0.2) is 0 Å². The first-order valence-electron chi connectivity index (χ1n) is 6.14. The van der Waals surface area contributed by atoms with Gasteiger partial charge in [-0.25, -0.2) is 4.98 Å². The average Bonchev–Trinajstić information content (AvgIpc) is 2.39. The van der Waals surface area contributed by atoms with Crippen molar-refractivity contribution in [2.24, 2.45) is 0 Å². The van der Waals surface area contributed by atoms with Crippen LogP contribution in [0.2, 0.25) is 0 Å². The van der Waals surface area contributed by atoms with Gasteiger partial charge in [-0.1, -0.05) is 6.08 Å². The van der Waals surface area contributed by atoms with Crippen LogP contribution in [0.3, 0.4) is 0 Å². The molecule has 0 fully saturated rings. The van der Waals surface area contributed by atoms with Gasteiger partial charge in [0.2, 0.25) is 0 Å². The molecular weight excluding hydrogens is 226 g/mol. The molecule has 0 amide bonds. The molecule has 4 nitrogen and oxygen atoms in total. The van der Waals surface area contributed by atoms with Crippen molar-refractivity contribution in [2.45, 2.75) is 13.3 Å². The summed E-state index contributed by atoms with van der Waals surface area (Å²) in [5, 5.41) is 3.28. The largest absolute Gasteiger partial charge is 0.313 e. The van der Waals surface area contributed by atoms with E-state index in [0.29, 0.717) is 5.65 Å². The highest BCUT2D eigenvalue weighted by Crippen LogP contribution is 2.19. The van der Waals surface area contributed by atoms with Crippen molar-refractivity contribution in [2.75, 3.05) is 13.1 Å². The molecule has 18 heavy (non-hydrogen) atoms. The number of aromatic nitrogens is 2. The number of pyridine rings is 1. The summed E-state index contributed by atoms with van der Waals surface area (Å²) in [7, 11) is 0. The van der Waals surface area contributed by atoms with Gasteiger partial charge in [-0.15, -0.1) is 0 Å². The molecule has 0 saturated carbocycles. The lowest BCUT2D eigenvalue weighted by molar-refractivity contribution is 0.738. The molecule has 0 radical (unpaired) electrons. The maximum atomic E-state index is 11.9.